The minimum atomic E-state index is -0.124. The largest absolute Gasteiger partial charge is 0.497 e. The highest BCUT2D eigenvalue weighted by atomic mass is 32.2. The lowest BCUT2D eigenvalue weighted by molar-refractivity contribution is -0.113. The molecule has 0 spiro atoms. The van der Waals surface area contributed by atoms with Crippen LogP contribution in [0.1, 0.15) is 18.3 Å². The van der Waals surface area contributed by atoms with Crippen molar-refractivity contribution in [3.05, 3.63) is 60.0 Å². The summed E-state index contributed by atoms with van der Waals surface area (Å²) in [6.45, 7) is 2.78. The van der Waals surface area contributed by atoms with Gasteiger partial charge < -0.3 is 14.6 Å². The number of hydrogen-bond donors (Lipinski definition) is 1. The van der Waals surface area contributed by atoms with Gasteiger partial charge in [-0.15, -0.1) is 10.2 Å². The molecule has 0 aliphatic carbocycles. The van der Waals surface area contributed by atoms with Crippen LogP contribution < -0.4 is 10.1 Å². The van der Waals surface area contributed by atoms with E-state index in [4.69, 9.17) is 4.74 Å². The van der Waals surface area contributed by atoms with E-state index < -0.39 is 0 Å². The van der Waals surface area contributed by atoms with Gasteiger partial charge in [-0.2, -0.15) is 0 Å². The van der Waals surface area contributed by atoms with Crippen LogP contribution in [0, 0.1) is 0 Å². The van der Waals surface area contributed by atoms with Crippen molar-refractivity contribution in [2.75, 3.05) is 18.2 Å². The molecule has 0 atom stereocenters. The van der Waals surface area contributed by atoms with Gasteiger partial charge in [0.1, 0.15) is 17.4 Å². The van der Waals surface area contributed by atoms with Crippen molar-refractivity contribution in [1.29, 1.82) is 0 Å². The molecular formula is C19H21N5O2S. The van der Waals surface area contributed by atoms with Crippen LogP contribution in [-0.2, 0) is 17.8 Å². The Balaban J connectivity index is 1.62. The Morgan fingerprint density at radius 2 is 2.00 bits per heavy atom. The Hall–Kier alpha value is -2.87. The Labute approximate surface area is 162 Å². The van der Waals surface area contributed by atoms with Crippen molar-refractivity contribution < 1.29 is 9.53 Å². The highest BCUT2D eigenvalue weighted by Crippen LogP contribution is 2.20. The number of anilines is 1. The zero-order valence-electron chi connectivity index (χ0n) is 15.3. The summed E-state index contributed by atoms with van der Waals surface area (Å²) in [5, 5.41) is 12.1. The summed E-state index contributed by atoms with van der Waals surface area (Å²) in [7, 11) is 1.65. The predicted octanol–water partition coefficient (Wildman–Crippen LogP) is 3.02. The van der Waals surface area contributed by atoms with Crippen molar-refractivity contribution >= 4 is 23.5 Å². The number of thioether (sulfide) groups is 1. The molecule has 0 unspecified atom stereocenters. The first-order valence-corrected chi connectivity index (χ1v) is 9.57. The van der Waals surface area contributed by atoms with Gasteiger partial charge in [-0.25, -0.2) is 4.98 Å². The van der Waals surface area contributed by atoms with Crippen LogP contribution in [0.2, 0.25) is 0 Å². The molecule has 0 aliphatic heterocycles. The average molecular weight is 383 g/mol. The summed E-state index contributed by atoms with van der Waals surface area (Å²) >= 11 is 1.37. The summed E-state index contributed by atoms with van der Waals surface area (Å²) in [6.07, 6.45) is 2.31. The van der Waals surface area contributed by atoms with Crippen molar-refractivity contribution in [1.82, 2.24) is 19.7 Å². The molecule has 140 valence electrons. The minimum absolute atomic E-state index is 0.124. The van der Waals surface area contributed by atoms with E-state index in [9.17, 15) is 4.79 Å². The summed E-state index contributed by atoms with van der Waals surface area (Å²) in [5.41, 5.74) is 1.13. The number of hydrogen-bond acceptors (Lipinski definition) is 6. The van der Waals surface area contributed by atoms with E-state index in [1.54, 1.807) is 25.4 Å². The molecule has 27 heavy (non-hydrogen) atoms. The predicted molar refractivity (Wildman–Crippen MR) is 105 cm³/mol. The molecule has 1 amide bonds. The van der Waals surface area contributed by atoms with E-state index in [0.29, 0.717) is 12.2 Å². The molecule has 3 aromatic rings. The first-order valence-electron chi connectivity index (χ1n) is 8.58. The van der Waals surface area contributed by atoms with E-state index in [1.807, 2.05) is 41.8 Å². The third-order valence-electron chi connectivity index (χ3n) is 3.90. The number of pyridine rings is 1. The molecule has 0 bridgehead atoms. The van der Waals surface area contributed by atoms with Crippen LogP contribution in [-0.4, -0.2) is 38.5 Å². The van der Waals surface area contributed by atoms with E-state index in [-0.39, 0.29) is 11.7 Å². The second kappa shape index (κ2) is 9.18. The first kappa shape index (κ1) is 18.9. The Morgan fingerprint density at radius 3 is 2.67 bits per heavy atom. The molecule has 0 saturated heterocycles. The van der Waals surface area contributed by atoms with Crippen LogP contribution in [0.5, 0.6) is 5.75 Å². The highest BCUT2D eigenvalue weighted by molar-refractivity contribution is 7.99. The normalized spacial score (nSPS) is 10.6. The van der Waals surface area contributed by atoms with Gasteiger partial charge in [-0.3, -0.25) is 4.79 Å². The number of benzene rings is 1. The molecule has 0 fully saturated rings. The number of aromatic nitrogens is 4. The van der Waals surface area contributed by atoms with Gasteiger partial charge in [0, 0.05) is 19.2 Å². The fourth-order valence-electron chi connectivity index (χ4n) is 2.55. The highest BCUT2D eigenvalue weighted by Gasteiger charge is 2.14. The monoisotopic (exact) mass is 383 g/mol. The van der Waals surface area contributed by atoms with Gasteiger partial charge in [0.05, 0.1) is 12.9 Å². The Morgan fingerprint density at radius 1 is 1.19 bits per heavy atom. The number of carbonyl (C=O) groups excluding carboxylic acids is 1. The van der Waals surface area contributed by atoms with Crippen LogP contribution >= 0.6 is 11.8 Å². The number of amides is 1. The molecule has 1 N–H and O–H groups in total. The number of nitrogens with zero attached hydrogens (tertiary/aromatic N) is 4. The van der Waals surface area contributed by atoms with Crippen LogP contribution in [0.15, 0.2) is 53.8 Å². The van der Waals surface area contributed by atoms with Crippen LogP contribution in [0.3, 0.4) is 0 Å². The van der Waals surface area contributed by atoms with Crippen molar-refractivity contribution in [3.8, 4) is 5.75 Å². The van der Waals surface area contributed by atoms with Gasteiger partial charge in [0.15, 0.2) is 5.16 Å². The third kappa shape index (κ3) is 5.07. The topological polar surface area (TPSA) is 81.9 Å². The molecular weight excluding hydrogens is 362 g/mol. The number of ether oxygens (including phenoxy) is 1. The molecule has 7 nitrogen and oxygen atoms in total. The second-order valence-electron chi connectivity index (χ2n) is 5.72. The van der Waals surface area contributed by atoms with Gasteiger partial charge >= 0.3 is 0 Å². The molecule has 3 rings (SSSR count). The zero-order valence-corrected chi connectivity index (χ0v) is 16.1. The Kier molecular flexibility index (Phi) is 6.43. The summed E-state index contributed by atoms with van der Waals surface area (Å²) < 4.78 is 7.22. The number of rotatable bonds is 8. The van der Waals surface area contributed by atoms with E-state index >= 15 is 0 Å². The Bertz CT molecular complexity index is 881. The summed E-state index contributed by atoms with van der Waals surface area (Å²) in [4.78, 5) is 16.2. The van der Waals surface area contributed by atoms with Crippen molar-refractivity contribution in [2.45, 2.75) is 25.0 Å². The standard InChI is InChI=1S/C19H21N5O2S/c1-3-24-17(12-14-7-9-15(26-2)10-8-14)22-23-19(24)27-13-18(25)21-16-6-4-5-11-20-16/h4-11H,3,12-13H2,1-2H3,(H,20,21,25). The molecule has 2 aromatic heterocycles. The fourth-order valence-corrected chi connectivity index (χ4v) is 3.37. The maximum absolute atomic E-state index is 12.1. The average Bonchev–Trinajstić information content (AvgIpc) is 3.09. The number of methoxy groups -OCH3 is 1. The molecule has 8 heteroatoms. The van der Waals surface area contributed by atoms with Gasteiger partial charge in [0.25, 0.3) is 0 Å². The van der Waals surface area contributed by atoms with Gasteiger partial charge in [-0.05, 0) is 36.8 Å². The van der Waals surface area contributed by atoms with Crippen molar-refractivity contribution in [2.24, 2.45) is 0 Å². The number of carbonyl (C=O) groups is 1. The number of nitrogens with one attached hydrogen (secondary N) is 1. The SMILES string of the molecule is CCn1c(Cc2ccc(OC)cc2)nnc1SCC(=O)Nc1ccccn1. The van der Waals surface area contributed by atoms with Crippen LogP contribution in [0.4, 0.5) is 5.82 Å². The smallest absolute Gasteiger partial charge is 0.236 e. The quantitative estimate of drug-likeness (QED) is 0.602. The van der Waals surface area contributed by atoms with Gasteiger partial charge in [0.2, 0.25) is 5.91 Å². The third-order valence-corrected chi connectivity index (χ3v) is 4.86. The van der Waals surface area contributed by atoms with E-state index in [0.717, 1.165) is 28.8 Å². The first-order chi connectivity index (χ1) is 13.2. The second-order valence-corrected chi connectivity index (χ2v) is 6.66. The molecule has 0 saturated carbocycles. The lowest BCUT2D eigenvalue weighted by atomic mass is 10.1. The maximum Gasteiger partial charge on any atom is 0.236 e. The lowest BCUT2D eigenvalue weighted by Crippen LogP contribution is -2.15. The van der Waals surface area contributed by atoms with Crippen LogP contribution in [0.25, 0.3) is 0 Å². The fraction of sp³-hybridized carbons (Fsp3) is 0.263. The zero-order chi connectivity index (χ0) is 19.1. The summed E-state index contributed by atoms with van der Waals surface area (Å²) in [5.74, 6) is 2.36. The minimum Gasteiger partial charge on any atom is -0.497 e. The molecule has 0 radical (unpaired) electrons. The summed E-state index contributed by atoms with van der Waals surface area (Å²) in [6, 6.07) is 13.3. The van der Waals surface area contributed by atoms with E-state index in [1.165, 1.54) is 11.8 Å². The lowest BCUT2D eigenvalue weighted by Gasteiger charge is -2.08. The molecule has 1 aromatic carbocycles. The molecule has 2 heterocycles. The van der Waals surface area contributed by atoms with Crippen molar-refractivity contribution in [3.63, 3.8) is 0 Å². The van der Waals surface area contributed by atoms with Gasteiger partial charge in [-0.1, -0.05) is 30.0 Å². The van der Waals surface area contributed by atoms with E-state index in [2.05, 4.69) is 20.5 Å². The maximum atomic E-state index is 12.1. The molecule has 0 aliphatic rings.